The second-order valence-electron chi connectivity index (χ2n) is 10.3. The average molecular weight is 544 g/mol. The first kappa shape index (κ1) is 26.5. The number of methoxy groups -OCH3 is 1. The number of para-hydroxylation sites is 1. The Morgan fingerprint density at radius 3 is 2.29 bits per heavy atom. The molecular formula is C35H33N3O3. The van der Waals surface area contributed by atoms with Crippen molar-refractivity contribution in [2.75, 3.05) is 7.11 Å². The molecule has 2 heterocycles. The summed E-state index contributed by atoms with van der Waals surface area (Å²) in [6, 6.07) is 32.9. The summed E-state index contributed by atoms with van der Waals surface area (Å²) in [5.41, 5.74) is 7.18. The smallest absolute Gasteiger partial charge is 0.337 e. The van der Waals surface area contributed by atoms with E-state index in [1.165, 1.54) is 18.2 Å². The number of rotatable bonds is 10. The summed E-state index contributed by atoms with van der Waals surface area (Å²) in [5.74, 6) is 1.37. The lowest BCUT2D eigenvalue weighted by Crippen LogP contribution is -2.08. The van der Waals surface area contributed by atoms with Crippen molar-refractivity contribution in [2.24, 2.45) is 0 Å². The standard InChI is InChI=1S/C35H33N3O3/c1-3-4-18-32-36-29-17-11-16-28(33(29)41-32)34-37-30-23-26(35(39)40-2)19-20-31(30)38(34)22-21-27(24-12-7-5-8-13-24)25-14-9-6-10-15-25/h5-17,19-20,23,27H,3-4,18,21-22H2,1-2H3. The molecule has 0 N–H and O–H groups in total. The predicted molar refractivity (Wildman–Crippen MR) is 162 cm³/mol. The highest BCUT2D eigenvalue weighted by molar-refractivity contribution is 5.96. The minimum absolute atomic E-state index is 0.207. The molecule has 6 rings (SSSR count). The Morgan fingerprint density at radius 1 is 0.878 bits per heavy atom. The van der Waals surface area contributed by atoms with E-state index in [0.717, 1.165) is 65.1 Å². The SMILES string of the molecule is CCCCc1nc2cccc(-c3nc4cc(C(=O)OC)ccc4n3CCC(c3ccccc3)c3ccccc3)c2o1. The maximum atomic E-state index is 12.3. The number of carbonyl (C=O) groups is 1. The highest BCUT2D eigenvalue weighted by Crippen LogP contribution is 2.35. The van der Waals surface area contributed by atoms with Gasteiger partial charge in [-0.2, -0.15) is 0 Å². The third-order valence-corrected chi connectivity index (χ3v) is 7.66. The van der Waals surface area contributed by atoms with Crippen LogP contribution < -0.4 is 0 Å². The quantitative estimate of drug-likeness (QED) is 0.163. The summed E-state index contributed by atoms with van der Waals surface area (Å²) >= 11 is 0. The van der Waals surface area contributed by atoms with Crippen molar-refractivity contribution in [3.05, 3.63) is 120 Å². The van der Waals surface area contributed by atoms with E-state index in [2.05, 4.69) is 72.2 Å². The van der Waals surface area contributed by atoms with Gasteiger partial charge in [-0.3, -0.25) is 0 Å². The largest absolute Gasteiger partial charge is 0.465 e. The summed E-state index contributed by atoms with van der Waals surface area (Å²) < 4.78 is 13.5. The maximum Gasteiger partial charge on any atom is 0.337 e. The number of aryl methyl sites for hydroxylation is 2. The molecule has 0 aliphatic rings. The van der Waals surface area contributed by atoms with Crippen LogP contribution in [0.1, 0.15) is 59.5 Å². The lowest BCUT2D eigenvalue weighted by atomic mass is 9.88. The molecular weight excluding hydrogens is 510 g/mol. The molecule has 206 valence electrons. The zero-order chi connectivity index (χ0) is 28.2. The van der Waals surface area contributed by atoms with Gasteiger partial charge < -0.3 is 13.7 Å². The van der Waals surface area contributed by atoms with Crippen molar-refractivity contribution < 1.29 is 13.9 Å². The van der Waals surface area contributed by atoms with Crippen molar-refractivity contribution >= 4 is 28.1 Å². The number of hydrogen-bond acceptors (Lipinski definition) is 5. The summed E-state index contributed by atoms with van der Waals surface area (Å²) in [6.07, 6.45) is 3.77. The number of benzene rings is 4. The monoisotopic (exact) mass is 543 g/mol. The number of hydrogen-bond donors (Lipinski definition) is 0. The van der Waals surface area contributed by atoms with Crippen LogP contribution in [0.3, 0.4) is 0 Å². The van der Waals surface area contributed by atoms with E-state index in [4.69, 9.17) is 19.1 Å². The van der Waals surface area contributed by atoms with Crippen molar-refractivity contribution in [1.82, 2.24) is 14.5 Å². The number of aromatic nitrogens is 3. The number of carbonyl (C=O) groups excluding carboxylic acids is 1. The van der Waals surface area contributed by atoms with Gasteiger partial charge in [0.15, 0.2) is 11.5 Å². The molecule has 0 aliphatic heterocycles. The van der Waals surface area contributed by atoms with Crippen molar-refractivity contribution in [3.63, 3.8) is 0 Å². The predicted octanol–water partition coefficient (Wildman–Crippen LogP) is 8.20. The number of oxazole rings is 1. The molecule has 2 aromatic heterocycles. The molecule has 0 saturated carbocycles. The van der Waals surface area contributed by atoms with Gasteiger partial charge in [0, 0.05) is 18.9 Å². The van der Waals surface area contributed by atoms with E-state index >= 15 is 0 Å². The molecule has 0 aliphatic carbocycles. The van der Waals surface area contributed by atoms with E-state index in [0.29, 0.717) is 12.1 Å². The Balaban J connectivity index is 1.47. The molecule has 0 spiro atoms. The number of ether oxygens (including phenoxy) is 1. The Hall–Kier alpha value is -4.71. The van der Waals surface area contributed by atoms with Gasteiger partial charge >= 0.3 is 5.97 Å². The van der Waals surface area contributed by atoms with Gasteiger partial charge in [-0.05, 0) is 54.3 Å². The van der Waals surface area contributed by atoms with Gasteiger partial charge in [-0.25, -0.2) is 14.8 Å². The van der Waals surface area contributed by atoms with Crippen LogP contribution in [0.5, 0.6) is 0 Å². The van der Waals surface area contributed by atoms with Gasteiger partial charge in [0.1, 0.15) is 11.3 Å². The summed E-state index contributed by atoms with van der Waals surface area (Å²) in [7, 11) is 1.39. The van der Waals surface area contributed by atoms with Gasteiger partial charge in [0.25, 0.3) is 0 Å². The fraction of sp³-hybridized carbons (Fsp3) is 0.229. The molecule has 0 unspecified atom stereocenters. The maximum absolute atomic E-state index is 12.3. The third-order valence-electron chi connectivity index (χ3n) is 7.66. The van der Waals surface area contributed by atoms with Crippen molar-refractivity contribution in [2.45, 2.75) is 45.1 Å². The van der Waals surface area contributed by atoms with E-state index in [9.17, 15) is 4.79 Å². The van der Waals surface area contributed by atoms with E-state index in [1.54, 1.807) is 12.1 Å². The van der Waals surface area contributed by atoms with Crippen LogP contribution in [0.4, 0.5) is 0 Å². The molecule has 0 fully saturated rings. The summed E-state index contributed by atoms with van der Waals surface area (Å²) in [4.78, 5) is 22.2. The Labute approximate surface area is 239 Å². The second-order valence-corrected chi connectivity index (χ2v) is 10.3. The Bertz CT molecular complexity index is 1750. The van der Waals surface area contributed by atoms with E-state index in [1.807, 2.05) is 24.3 Å². The van der Waals surface area contributed by atoms with Crippen LogP contribution >= 0.6 is 0 Å². The fourth-order valence-electron chi connectivity index (χ4n) is 5.57. The van der Waals surface area contributed by atoms with Gasteiger partial charge in [0.05, 0.1) is 29.3 Å². The van der Waals surface area contributed by atoms with Crippen LogP contribution in [0.15, 0.2) is 101 Å². The van der Waals surface area contributed by atoms with Gasteiger partial charge in [-0.15, -0.1) is 0 Å². The number of unbranched alkanes of at least 4 members (excludes halogenated alkanes) is 1. The van der Waals surface area contributed by atoms with Crippen LogP contribution in [0, 0.1) is 0 Å². The highest BCUT2D eigenvalue weighted by Gasteiger charge is 2.21. The number of imidazole rings is 1. The first-order valence-corrected chi connectivity index (χ1v) is 14.2. The molecule has 6 nitrogen and oxygen atoms in total. The fourth-order valence-corrected chi connectivity index (χ4v) is 5.57. The molecule has 0 radical (unpaired) electrons. The number of esters is 1. The summed E-state index contributed by atoms with van der Waals surface area (Å²) in [5, 5.41) is 0. The minimum atomic E-state index is -0.380. The molecule has 6 heteroatoms. The van der Waals surface area contributed by atoms with E-state index in [-0.39, 0.29) is 11.9 Å². The van der Waals surface area contributed by atoms with Crippen molar-refractivity contribution in [3.8, 4) is 11.4 Å². The molecule has 4 aromatic carbocycles. The average Bonchev–Trinajstić information content (AvgIpc) is 3.61. The minimum Gasteiger partial charge on any atom is -0.465 e. The lowest BCUT2D eigenvalue weighted by molar-refractivity contribution is 0.0601. The van der Waals surface area contributed by atoms with Crippen LogP contribution in [-0.2, 0) is 17.7 Å². The van der Waals surface area contributed by atoms with Gasteiger partial charge in [-0.1, -0.05) is 80.1 Å². The summed E-state index contributed by atoms with van der Waals surface area (Å²) in [6.45, 7) is 2.88. The first-order chi connectivity index (χ1) is 20.2. The lowest BCUT2D eigenvalue weighted by Gasteiger charge is -2.19. The number of fused-ring (bicyclic) bond motifs is 2. The molecule has 0 bridgehead atoms. The zero-order valence-corrected chi connectivity index (χ0v) is 23.4. The van der Waals surface area contributed by atoms with Crippen LogP contribution in [-0.4, -0.2) is 27.6 Å². The Morgan fingerprint density at radius 2 is 1.61 bits per heavy atom. The number of nitrogens with zero attached hydrogens (tertiary/aromatic N) is 3. The third kappa shape index (κ3) is 5.38. The van der Waals surface area contributed by atoms with Crippen molar-refractivity contribution in [1.29, 1.82) is 0 Å². The molecule has 0 atom stereocenters. The van der Waals surface area contributed by atoms with Crippen LogP contribution in [0.25, 0.3) is 33.5 Å². The molecule has 6 aromatic rings. The second kappa shape index (κ2) is 11.8. The van der Waals surface area contributed by atoms with E-state index < -0.39 is 0 Å². The van der Waals surface area contributed by atoms with Gasteiger partial charge in [0.2, 0.25) is 0 Å². The normalized spacial score (nSPS) is 11.5. The Kier molecular flexibility index (Phi) is 7.63. The highest BCUT2D eigenvalue weighted by atomic mass is 16.5. The molecule has 0 amide bonds. The first-order valence-electron chi connectivity index (χ1n) is 14.2. The zero-order valence-electron chi connectivity index (χ0n) is 23.4. The molecule has 41 heavy (non-hydrogen) atoms. The topological polar surface area (TPSA) is 70.2 Å². The molecule has 0 saturated heterocycles. The van der Waals surface area contributed by atoms with Crippen LogP contribution in [0.2, 0.25) is 0 Å².